The zero-order valence-corrected chi connectivity index (χ0v) is 8.34. The number of hydrogen-bond donors (Lipinski definition) is 0. The summed E-state index contributed by atoms with van der Waals surface area (Å²) in [5, 5.41) is 0. The highest BCUT2D eigenvalue weighted by atomic mass is 13.8. The summed E-state index contributed by atoms with van der Waals surface area (Å²) in [7, 11) is 0. The number of unbranched alkanes of at least 4 members (excludes halogenated alkanes) is 2. The standard InChI is InChI=1S/C12H20/c1-4-5-6-7-8-9-10-11-12(2)3/h6-7,10-11H,2,4-5,8-9H2,1,3H3. The smallest absolute Gasteiger partial charge is 0.0313 e. The minimum atomic E-state index is 1.13. The molecule has 0 heterocycles. The van der Waals surface area contributed by atoms with Crippen molar-refractivity contribution in [3.8, 4) is 0 Å². The van der Waals surface area contributed by atoms with E-state index in [0.29, 0.717) is 0 Å². The van der Waals surface area contributed by atoms with E-state index in [0.717, 1.165) is 18.4 Å². The fourth-order valence-corrected chi connectivity index (χ4v) is 0.879. The molecule has 68 valence electrons. The highest BCUT2D eigenvalue weighted by Gasteiger charge is 1.77. The van der Waals surface area contributed by atoms with Crippen LogP contribution in [0.3, 0.4) is 0 Å². The van der Waals surface area contributed by atoms with Gasteiger partial charge in [-0.2, -0.15) is 0 Å². The van der Waals surface area contributed by atoms with Crippen LogP contribution in [0.4, 0.5) is 0 Å². The molecule has 0 radical (unpaired) electrons. The lowest BCUT2D eigenvalue weighted by atomic mass is 10.2. The van der Waals surface area contributed by atoms with E-state index in [1.165, 1.54) is 12.8 Å². The van der Waals surface area contributed by atoms with Gasteiger partial charge in [0.2, 0.25) is 0 Å². The lowest BCUT2D eigenvalue weighted by Crippen LogP contribution is -1.67. The van der Waals surface area contributed by atoms with E-state index in [-0.39, 0.29) is 0 Å². The van der Waals surface area contributed by atoms with Gasteiger partial charge in [-0.05, 0) is 26.2 Å². The minimum Gasteiger partial charge on any atom is -0.0961 e. The molecule has 0 saturated carbocycles. The summed E-state index contributed by atoms with van der Waals surface area (Å²) >= 11 is 0. The highest BCUT2D eigenvalue weighted by molar-refractivity contribution is 5.10. The molecule has 12 heavy (non-hydrogen) atoms. The first-order valence-electron chi connectivity index (χ1n) is 4.74. The highest BCUT2D eigenvalue weighted by Crippen LogP contribution is 1.98. The molecular weight excluding hydrogens is 144 g/mol. The molecule has 0 spiro atoms. The zero-order chi connectivity index (χ0) is 9.23. The van der Waals surface area contributed by atoms with Gasteiger partial charge in [0.25, 0.3) is 0 Å². The summed E-state index contributed by atoms with van der Waals surface area (Å²) in [5.41, 5.74) is 1.13. The quantitative estimate of drug-likeness (QED) is 0.313. The van der Waals surface area contributed by atoms with Crippen LogP contribution in [-0.4, -0.2) is 0 Å². The van der Waals surface area contributed by atoms with Crippen LogP contribution in [0, 0.1) is 0 Å². The average molecular weight is 164 g/mol. The fourth-order valence-electron chi connectivity index (χ4n) is 0.879. The zero-order valence-electron chi connectivity index (χ0n) is 8.34. The first kappa shape index (κ1) is 11.2. The number of allylic oxidation sites excluding steroid dienone is 5. The molecule has 0 heteroatoms. The predicted molar refractivity (Wildman–Crippen MR) is 57.2 cm³/mol. The maximum absolute atomic E-state index is 3.80. The van der Waals surface area contributed by atoms with Crippen LogP contribution in [-0.2, 0) is 0 Å². The molecule has 0 amide bonds. The second kappa shape index (κ2) is 8.32. The molecule has 0 aromatic rings. The largest absolute Gasteiger partial charge is 0.0961 e. The molecular formula is C12H20. The molecule has 0 aliphatic carbocycles. The van der Waals surface area contributed by atoms with Crippen LogP contribution in [0.25, 0.3) is 0 Å². The summed E-state index contributed by atoms with van der Waals surface area (Å²) in [6.07, 6.45) is 13.5. The second-order valence-corrected chi connectivity index (χ2v) is 3.09. The van der Waals surface area contributed by atoms with Crippen molar-refractivity contribution in [3.05, 3.63) is 36.5 Å². The van der Waals surface area contributed by atoms with Gasteiger partial charge in [-0.3, -0.25) is 0 Å². The van der Waals surface area contributed by atoms with Crippen molar-refractivity contribution in [2.45, 2.75) is 39.5 Å². The molecule has 0 aromatic carbocycles. The average Bonchev–Trinajstić information content (AvgIpc) is 2.02. The molecule has 0 atom stereocenters. The van der Waals surface area contributed by atoms with E-state index in [4.69, 9.17) is 0 Å². The summed E-state index contributed by atoms with van der Waals surface area (Å²) in [5.74, 6) is 0. The lowest BCUT2D eigenvalue weighted by molar-refractivity contribution is 0.943. The Balaban J connectivity index is 3.26. The van der Waals surface area contributed by atoms with Crippen LogP contribution < -0.4 is 0 Å². The van der Waals surface area contributed by atoms with E-state index < -0.39 is 0 Å². The van der Waals surface area contributed by atoms with Gasteiger partial charge < -0.3 is 0 Å². The molecule has 0 aromatic heterocycles. The Kier molecular flexibility index (Phi) is 7.78. The molecule has 0 saturated heterocycles. The van der Waals surface area contributed by atoms with Crippen LogP contribution in [0.15, 0.2) is 36.5 Å². The van der Waals surface area contributed by atoms with E-state index in [9.17, 15) is 0 Å². The summed E-state index contributed by atoms with van der Waals surface area (Å²) in [6, 6.07) is 0. The Hall–Kier alpha value is -0.780. The van der Waals surface area contributed by atoms with Crippen molar-refractivity contribution in [1.29, 1.82) is 0 Å². The van der Waals surface area contributed by atoms with Crippen LogP contribution in [0.5, 0.6) is 0 Å². The predicted octanol–water partition coefficient (Wildman–Crippen LogP) is 4.26. The van der Waals surface area contributed by atoms with Gasteiger partial charge in [0.1, 0.15) is 0 Å². The summed E-state index contributed by atoms with van der Waals surface area (Å²) in [4.78, 5) is 0. The van der Waals surface area contributed by atoms with Crippen molar-refractivity contribution in [2.24, 2.45) is 0 Å². The van der Waals surface area contributed by atoms with Crippen molar-refractivity contribution in [3.63, 3.8) is 0 Å². The van der Waals surface area contributed by atoms with Gasteiger partial charge in [0.15, 0.2) is 0 Å². The van der Waals surface area contributed by atoms with E-state index in [1.807, 2.05) is 6.92 Å². The third kappa shape index (κ3) is 9.22. The van der Waals surface area contributed by atoms with Crippen molar-refractivity contribution in [1.82, 2.24) is 0 Å². The normalized spacial score (nSPS) is 11.5. The van der Waals surface area contributed by atoms with Crippen molar-refractivity contribution < 1.29 is 0 Å². The molecule has 0 bridgehead atoms. The molecule has 0 aliphatic rings. The van der Waals surface area contributed by atoms with Crippen LogP contribution in [0.1, 0.15) is 39.5 Å². The lowest BCUT2D eigenvalue weighted by Gasteiger charge is -1.88. The summed E-state index contributed by atoms with van der Waals surface area (Å²) in [6.45, 7) is 8.01. The Morgan fingerprint density at radius 3 is 2.25 bits per heavy atom. The molecule has 0 aliphatic heterocycles. The van der Waals surface area contributed by atoms with Gasteiger partial charge in [0.05, 0.1) is 0 Å². The number of rotatable bonds is 6. The monoisotopic (exact) mass is 164 g/mol. The van der Waals surface area contributed by atoms with Gasteiger partial charge in [-0.25, -0.2) is 0 Å². The van der Waals surface area contributed by atoms with E-state index in [2.05, 4.69) is 37.8 Å². The van der Waals surface area contributed by atoms with Crippen LogP contribution in [0.2, 0.25) is 0 Å². The SMILES string of the molecule is C=C(C)C=CCCC=CCCC. The number of hydrogen-bond acceptors (Lipinski definition) is 0. The molecule has 0 nitrogen and oxygen atoms in total. The van der Waals surface area contributed by atoms with Gasteiger partial charge >= 0.3 is 0 Å². The first-order valence-corrected chi connectivity index (χ1v) is 4.74. The van der Waals surface area contributed by atoms with E-state index >= 15 is 0 Å². The Morgan fingerprint density at radius 1 is 1.08 bits per heavy atom. The van der Waals surface area contributed by atoms with Crippen molar-refractivity contribution >= 4 is 0 Å². The summed E-state index contributed by atoms with van der Waals surface area (Å²) < 4.78 is 0. The van der Waals surface area contributed by atoms with Crippen molar-refractivity contribution in [2.75, 3.05) is 0 Å². The maximum Gasteiger partial charge on any atom is -0.0313 e. The van der Waals surface area contributed by atoms with Crippen LogP contribution >= 0.6 is 0 Å². The third-order valence-corrected chi connectivity index (χ3v) is 1.52. The first-order chi connectivity index (χ1) is 5.77. The van der Waals surface area contributed by atoms with E-state index in [1.54, 1.807) is 0 Å². The minimum absolute atomic E-state index is 1.13. The topological polar surface area (TPSA) is 0 Å². The molecule has 0 unspecified atom stereocenters. The maximum atomic E-state index is 3.80. The van der Waals surface area contributed by atoms with Gasteiger partial charge in [-0.15, -0.1) is 0 Å². The second-order valence-electron chi connectivity index (χ2n) is 3.09. The molecule has 0 rings (SSSR count). The molecule has 0 fully saturated rings. The Morgan fingerprint density at radius 2 is 1.67 bits per heavy atom. The fraction of sp³-hybridized carbons (Fsp3) is 0.500. The van der Waals surface area contributed by atoms with Gasteiger partial charge in [0, 0.05) is 0 Å². The Labute approximate surface area is 76.7 Å². The Bertz CT molecular complexity index is 161. The third-order valence-electron chi connectivity index (χ3n) is 1.52. The van der Waals surface area contributed by atoms with Gasteiger partial charge in [-0.1, -0.05) is 49.8 Å². The molecule has 0 N–H and O–H groups in total.